The molecule has 2 N–H and O–H groups in total. The van der Waals surface area contributed by atoms with Crippen molar-refractivity contribution in [2.75, 3.05) is 7.05 Å². The summed E-state index contributed by atoms with van der Waals surface area (Å²) in [4.78, 5) is 24.3. The van der Waals surface area contributed by atoms with E-state index in [1.807, 2.05) is 18.2 Å². The smallest absolute Gasteiger partial charge is 0.303 e. The molecule has 0 aliphatic carbocycles. The third kappa shape index (κ3) is 4.41. The summed E-state index contributed by atoms with van der Waals surface area (Å²) in [5.74, 6) is -0.521. The third-order valence-electron chi connectivity index (χ3n) is 3.54. The normalized spacial score (nSPS) is 13.2. The van der Waals surface area contributed by atoms with E-state index in [1.165, 1.54) is 6.92 Å². The molecule has 0 amide bonds. The number of hydrogen-bond donors (Lipinski definition) is 1. The van der Waals surface area contributed by atoms with Gasteiger partial charge in [0, 0.05) is 17.5 Å². The maximum absolute atomic E-state index is 12.8. The Morgan fingerprint density at radius 1 is 1.04 bits per heavy atom. The molecule has 4 nitrogen and oxygen atoms in total. The van der Waals surface area contributed by atoms with Crippen LogP contribution in [0.1, 0.15) is 28.9 Å². The number of likely N-dealkylation sites (N-methyl/N-ethyl adjacent to an activating group) is 1. The highest BCUT2D eigenvalue weighted by Crippen LogP contribution is 2.24. The van der Waals surface area contributed by atoms with Crippen LogP contribution in [0.3, 0.4) is 0 Å². The second-order valence-electron chi connectivity index (χ2n) is 5.17. The van der Waals surface area contributed by atoms with Crippen LogP contribution in [0.4, 0.5) is 0 Å². The van der Waals surface area contributed by atoms with Crippen molar-refractivity contribution in [2.45, 2.75) is 19.1 Å². The van der Waals surface area contributed by atoms with E-state index in [0.29, 0.717) is 10.6 Å². The number of ketones is 1. The number of carbonyl (C=O) groups excluding carboxylic acids is 2. The Balaban J connectivity index is 2.37. The quantitative estimate of drug-likeness (QED) is 0.652. The number of halogens is 1. The Hall–Kier alpha value is -2.17. The molecule has 2 aromatic carbocycles. The Morgan fingerprint density at radius 3 is 2.17 bits per heavy atom. The zero-order valence-electron chi connectivity index (χ0n) is 13.0. The number of esters is 1. The van der Waals surface area contributed by atoms with E-state index >= 15 is 0 Å². The van der Waals surface area contributed by atoms with Crippen molar-refractivity contribution in [3.05, 3.63) is 70.7 Å². The van der Waals surface area contributed by atoms with Crippen molar-refractivity contribution in [1.82, 2.24) is 0 Å². The van der Waals surface area contributed by atoms with E-state index < -0.39 is 18.1 Å². The molecule has 120 valence electrons. The predicted molar refractivity (Wildman–Crippen MR) is 88.4 cm³/mol. The molecule has 0 heterocycles. The van der Waals surface area contributed by atoms with E-state index in [9.17, 15) is 9.59 Å². The lowest BCUT2D eigenvalue weighted by Crippen LogP contribution is -2.89. The number of rotatable bonds is 6. The molecule has 0 unspecified atom stereocenters. The molecule has 5 heteroatoms. The number of ether oxygens (including phenoxy) is 1. The minimum Gasteiger partial charge on any atom is -0.451 e. The van der Waals surface area contributed by atoms with Crippen LogP contribution < -0.4 is 5.32 Å². The van der Waals surface area contributed by atoms with Crippen LogP contribution in [0.2, 0.25) is 5.02 Å². The first-order valence-corrected chi connectivity index (χ1v) is 7.72. The molecule has 0 aromatic heterocycles. The summed E-state index contributed by atoms with van der Waals surface area (Å²) in [6.45, 7) is 1.34. The first kappa shape index (κ1) is 17.2. The maximum atomic E-state index is 12.8. The summed E-state index contributed by atoms with van der Waals surface area (Å²) in [6.07, 6.45) is -0.678. The number of hydrogen-bond acceptors (Lipinski definition) is 3. The Morgan fingerprint density at radius 2 is 1.65 bits per heavy atom. The molecule has 2 rings (SSSR count). The van der Waals surface area contributed by atoms with Gasteiger partial charge in [-0.2, -0.15) is 0 Å². The second kappa shape index (κ2) is 7.90. The first-order valence-electron chi connectivity index (χ1n) is 7.34. The highest BCUT2D eigenvalue weighted by atomic mass is 35.5. The number of nitrogens with two attached hydrogens (primary N) is 1. The van der Waals surface area contributed by atoms with Crippen LogP contribution in [-0.2, 0) is 9.53 Å². The SMILES string of the molecule is C[NH2+][C@@H](C(=O)c1ccccc1)[C@H](OC(C)=O)c1ccc(Cl)cc1. The number of benzene rings is 2. The molecule has 0 radical (unpaired) electrons. The van der Waals surface area contributed by atoms with Gasteiger partial charge >= 0.3 is 5.97 Å². The molecule has 0 spiro atoms. The van der Waals surface area contributed by atoms with E-state index in [1.54, 1.807) is 48.8 Å². The van der Waals surface area contributed by atoms with Crippen LogP contribution in [-0.4, -0.2) is 24.8 Å². The second-order valence-corrected chi connectivity index (χ2v) is 5.61. The topological polar surface area (TPSA) is 60.0 Å². The Labute approximate surface area is 140 Å². The first-order chi connectivity index (χ1) is 11.0. The molecular weight excluding hydrogens is 314 g/mol. The van der Waals surface area contributed by atoms with Crippen LogP contribution in [0.25, 0.3) is 0 Å². The van der Waals surface area contributed by atoms with Gasteiger partial charge in [-0.1, -0.05) is 54.1 Å². The highest BCUT2D eigenvalue weighted by molar-refractivity contribution is 6.30. The molecule has 0 bridgehead atoms. The van der Waals surface area contributed by atoms with Gasteiger partial charge in [0.2, 0.25) is 5.78 Å². The summed E-state index contributed by atoms with van der Waals surface area (Å²) in [7, 11) is 1.79. The number of Topliss-reactive ketones (excluding diaryl/α,β-unsaturated/α-hetero) is 1. The van der Waals surface area contributed by atoms with E-state index in [0.717, 1.165) is 5.56 Å². The van der Waals surface area contributed by atoms with Gasteiger partial charge < -0.3 is 10.1 Å². The van der Waals surface area contributed by atoms with Crippen molar-refractivity contribution in [3.63, 3.8) is 0 Å². The maximum Gasteiger partial charge on any atom is 0.303 e. The van der Waals surface area contributed by atoms with Gasteiger partial charge in [-0.3, -0.25) is 9.59 Å². The van der Waals surface area contributed by atoms with Crippen molar-refractivity contribution in [3.8, 4) is 0 Å². The molecule has 0 saturated heterocycles. The Kier molecular flexibility index (Phi) is 5.90. The standard InChI is InChI=1S/C18H18ClNO3/c1-12(21)23-18(14-8-10-15(19)11-9-14)16(20-2)17(22)13-6-4-3-5-7-13/h3-11,16,18,20H,1-2H3/p+1/t16-,18+/m0/s1. The molecule has 0 aliphatic heterocycles. The minimum atomic E-state index is -0.678. The molecule has 0 saturated carbocycles. The van der Waals surface area contributed by atoms with Crippen molar-refractivity contribution >= 4 is 23.4 Å². The number of carbonyl (C=O) groups is 2. The number of quaternary nitrogens is 1. The lowest BCUT2D eigenvalue weighted by atomic mass is 9.95. The minimum absolute atomic E-state index is 0.0886. The fourth-order valence-corrected chi connectivity index (χ4v) is 2.56. The summed E-state index contributed by atoms with van der Waals surface area (Å²) < 4.78 is 5.44. The highest BCUT2D eigenvalue weighted by Gasteiger charge is 2.35. The van der Waals surface area contributed by atoms with Crippen LogP contribution in [0.5, 0.6) is 0 Å². The van der Waals surface area contributed by atoms with Gasteiger partial charge in [0.05, 0.1) is 7.05 Å². The monoisotopic (exact) mass is 332 g/mol. The lowest BCUT2D eigenvalue weighted by molar-refractivity contribution is -0.657. The van der Waals surface area contributed by atoms with Gasteiger partial charge in [-0.25, -0.2) is 0 Å². The van der Waals surface area contributed by atoms with Gasteiger partial charge in [0.15, 0.2) is 12.1 Å². The van der Waals surface area contributed by atoms with E-state index in [4.69, 9.17) is 16.3 Å². The van der Waals surface area contributed by atoms with E-state index in [2.05, 4.69) is 0 Å². The van der Waals surface area contributed by atoms with Crippen LogP contribution >= 0.6 is 11.6 Å². The zero-order chi connectivity index (χ0) is 16.8. The molecule has 2 atom stereocenters. The Bertz CT molecular complexity index is 670. The van der Waals surface area contributed by atoms with E-state index in [-0.39, 0.29) is 5.78 Å². The average Bonchev–Trinajstić information content (AvgIpc) is 2.55. The molecule has 0 aliphatic rings. The van der Waals surface area contributed by atoms with Gasteiger partial charge in [0.1, 0.15) is 0 Å². The van der Waals surface area contributed by atoms with Crippen molar-refractivity contribution < 1.29 is 19.6 Å². The summed E-state index contributed by atoms with van der Waals surface area (Å²) in [5, 5.41) is 2.35. The fourth-order valence-electron chi connectivity index (χ4n) is 2.44. The van der Waals surface area contributed by atoms with Gasteiger partial charge in [-0.15, -0.1) is 0 Å². The van der Waals surface area contributed by atoms with Gasteiger partial charge in [-0.05, 0) is 17.7 Å². The van der Waals surface area contributed by atoms with Crippen molar-refractivity contribution in [2.24, 2.45) is 0 Å². The molecule has 2 aromatic rings. The third-order valence-corrected chi connectivity index (χ3v) is 3.79. The summed E-state index contributed by atoms with van der Waals surface area (Å²) >= 11 is 5.91. The molecule has 23 heavy (non-hydrogen) atoms. The summed E-state index contributed by atoms with van der Waals surface area (Å²) in [6, 6.07) is 15.4. The van der Waals surface area contributed by atoms with Crippen LogP contribution in [0.15, 0.2) is 54.6 Å². The predicted octanol–water partition coefficient (Wildman–Crippen LogP) is 2.39. The lowest BCUT2D eigenvalue weighted by Gasteiger charge is -2.23. The fraction of sp³-hybridized carbons (Fsp3) is 0.222. The van der Waals surface area contributed by atoms with Crippen molar-refractivity contribution in [1.29, 1.82) is 0 Å². The van der Waals surface area contributed by atoms with Gasteiger partial charge in [0.25, 0.3) is 0 Å². The van der Waals surface area contributed by atoms with Crippen LogP contribution in [0, 0.1) is 0 Å². The molecular formula is C18H19ClNO3+. The zero-order valence-corrected chi connectivity index (χ0v) is 13.8. The largest absolute Gasteiger partial charge is 0.451 e. The summed E-state index contributed by atoms with van der Waals surface area (Å²) in [5.41, 5.74) is 1.32. The molecule has 0 fully saturated rings. The average molecular weight is 333 g/mol.